The van der Waals surface area contributed by atoms with Crippen LogP contribution in [0.15, 0.2) is 30.3 Å². The van der Waals surface area contributed by atoms with Gasteiger partial charge in [-0.2, -0.15) is 0 Å². The molecule has 0 bridgehead atoms. The van der Waals surface area contributed by atoms with Crippen molar-refractivity contribution >= 4 is 11.9 Å². The third kappa shape index (κ3) is 4.19. The number of primary amides is 1. The normalized spacial score (nSPS) is 22.5. The van der Waals surface area contributed by atoms with Crippen LogP contribution >= 0.6 is 0 Å². The molecule has 0 spiro atoms. The average molecular weight is 291 g/mol. The van der Waals surface area contributed by atoms with Crippen molar-refractivity contribution in [2.75, 3.05) is 6.54 Å². The molecule has 0 aromatic heterocycles. The highest BCUT2D eigenvalue weighted by molar-refractivity contribution is 5.87. The van der Waals surface area contributed by atoms with Crippen LogP contribution in [-0.4, -0.2) is 29.7 Å². The highest BCUT2D eigenvalue weighted by Gasteiger charge is 2.27. The van der Waals surface area contributed by atoms with E-state index in [-0.39, 0.29) is 17.9 Å². The van der Waals surface area contributed by atoms with E-state index in [2.05, 4.69) is 10.6 Å². The molecule has 0 saturated heterocycles. The smallest absolute Gasteiger partial charge is 0.313 e. The van der Waals surface area contributed by atoms with Crippen LogP contribution in [0.4, 0.5) is 4.79 Å². The van der Waals surface area contributed by atoms with E-state index in [1.807, 2.05) is 6.07 Å². The highest BCUT2D eigenvalue weighted by Crippen LogP contribution is 2.24. The van der Waals surface area contributed by atoms with Crippen molar-refractivity contribution in [3.63, 3.8) is 0 Å². The van der Waals surface area contributed by atoms with Crippen LogP contribution < -0.4 is 16.4 Å². The van der Waals surface area contributed by atoms with Crippen LogP contribution in [0.2, 0.25) is 0 Å². The van der Waals surface area contributed by atoms with Gasteiger partial charge in [-0.3, -0.25) is 4.79 Å². The average Bonchev–Trinajstić information content (AvgIpc) is 2.88. The molecule has 3 unspecified atom stereocenters. The number of aliphatic hydroxyl groups excluding tert-OH is 1. The summed E-state index contributed by atoms with van der Waals surface area (Å²) >= 11 is 0. The first kappa shape index (κ1) is 15.3. The first-order chi connectivity index (χ1) is 10.1. The molecular formula is C15H21N3O3. The van der Waals surface area contributed by atoms with Gasteiger partial charge in [0.25, 0.3) is 0 Å². The van der Waals surface area contributed by atoms with E-state index < -0.39 is 12.1 Å². The van der Waals surface area contributed by atoms with E-state index in [9.17, 15) is 14.7 Å². The number of urea groups is 1. The fraction of sp³-hybridized carbons (Fsp3) is 0.467. The third-order valence-corrected chi connectivity index (χ3v) is 3.84. The lowest BCUT2D eigenvalue weighted by Crippen LogP contribution is -2.44. The Bertz CT molecular complexity index is 492. The van der Waals surface area contributed by atoms with Gasteiger partial charge in [0.2, 0.25) is 5.91 Å². The number of nitrogens with one attached hydrogen (secondary N) is 2. The minimum absolute atomic E-state index is 0.0824. The molecular weight excluding hydrogens is 270 g/mol. The number of hydrogen-bond donors (Lipinski definition) is 4. The molecule has 6 heteroatoms. The summed E-state index contributed by atoms with van der Waals surface area (Å²) in [5.41, 5.74) is 5.81. The van der Waals surface area contributed by atoms with Crippen LogP contribution in [0.1, 0.15) is 30.9 Å². The van der Waals surface area contributed by atoms with Crippen LogP contribution in [0.5, 0.6) is 0 Å². The molecule has 0 radical (unpaired) electrons. The number of carbonyl (C=O) groups excluding carboxylic acids is 2. The van der Waals surface area contributed by atoms with Gasteiger partial charge in [0.15, 0.2) is 0 Å². The van der Waals surface area contributed by atoms with Gasteiger partial charge in [-0.05, 0) is 18.4 Å². The largest absolute Gasteiger partial charge is 0.393 e. The lowest BCUT2D eigenvalue weighted by atomic mass is 10.0. The second-order valence-electron chi connectivity index (χ2n) is 5.36. The molecule has 114 valence electrons. The predicted octanol–water partition coefficient (Wildman–Crippen LogP) is 0.673. The maximum absolute atomic E-state index is 12.3. The summed E-state index contributed by atoms with van der Waals surface area (Å²) in [7, 11) is 0. The van der Waals surface area contributed by atoms with Crippen molar-refractivity contribution in [1.29, 1.82) is 0 Å². The summed E-state index contributed by atoms with van der Waals surface area (Å²) in [5.74, 6) is -0.238. The molecule has 5 N–H and O–H groups in total. The molecule has 1 aromatic carbocycles. The summed E-state index contributed by atoms with van der Waals surface area (Å²) in [6.45, 7) is 0.407. The molecule has 3 amide bonds. The molecule has 1 saturated carbocycles. The summed E-state index contributed by atoms with van der Waals surface area (Å²) in [4.78, 5) is 23.4. The number of nitrogens with two attached hydrogens (primary N) is 1. The Kier molecular flexibility index (Phi) is 5.16. The second-order valence-corrected chi connectivity index (χ2v) is 5.36. The maximum Gasteiger partial charge on any atom is 0.313 e. The SMILES string of the molecule is NC(=O)NC(C(=O)NCC1CCCC1O)c1ccccc1. The first-order valence-electron chi connectivity index (χ1n) is 7.14. The quantitative estimate of drug-likeness (QED) is 0.641. The van der Waals surface area contributed by atoms with Crippen LogP contribution in [0, 0.1) is 5.92 Å². The van der Waals surface area contributed by atoms with E-state index >= 15 is 0 Å². The van der Waals surface area contributed by atoms with Crippen molar-refractivity contribution in [3.8, 4) is 0 Å². The molecule has 2 rings (SSSR count). The maximum atomic E-state index is 12.3. The third-order valence-electron chi connectivity index (χ3n) is 3.84. The number of aliphatic hydroxyl groups is 1. The monoisotopic (exact) mass is 291 g/mol. The Morgan fingerprint density at radius 1 is 1.29 bits per heavy atom. The van der Waals surface area contributed by atoms with Gasteiger partial charge < -0.3 is 21.5 Å². The Hall–Kier alpha value is -2.08. The van der Waals surface area contributed by atoms with Crippen molar-refractivity contribution in [2.24, 2.45) is 11.7 Å². The van der Waals surface area contributed by atoms with Crippen molar-refractivity contribution in [1.82, 2.24) is 10.6 Å². The Labute approximate surface area is 123 Å². The molecule has 6 nitrogen and oxygen atoms in total. The van der Waals surface area contributed by atoms with Gasteiger partial charge in [0.1, 0.15) is 6.04 Å². The Balaban J connectivity index is 1.99. The van der Waals surface area contributed by atoms with E-state index in [0.717, 1.165) is 19.3 Å². The number of hydrogen-bond acceptors (Lipinski definition) is 3. The second kappa shape index (κ2) is 7.08. The predicted molar refractivity (Wildman–Crippen MR) is 78.3 cm³/mol. The van der Waals surface area contributed by atoms with Crippen molar-refractivity contribution < 1.29 is 14.7 Å². The number of rotatable bonds is 5. The molecule has 0 aliphatic heterocycles. The van der Waals surface area contributed by atoms with Gasteiger partial charge in [-0.25, -0.2) is 4.79 Å². The zero-order valence-electron chi connectivity index (χ0n) is 11.8. The Morgan fingerprint density at radius 2 is 2.00 bits per heavy atom. The summed E-state index contributed by atoms with van der Waals surface area (Å²) in [6.07, 6.45) is 2.30. The standard InChI is InChI=1S/C15H21N3O3/c16-15(21)18-13(10-5-2-1-3-6-10)14(20)17-9-11-7-4-8-12(11)19/h1-3,5-6,11-13,19H,4,7-9H2,(H,17,20)(H3,16,18,21). The minimum atomic E-state index is -0.817. The number of carbonyl (C=O) groups is 2. The topological polar surface area (TPSA) is 104 Å². The lowest BCUT2D eigenvalue weighted by Gasteiger charge is -2.20. The van der Waals surface area contributed by atoms with Crippen LogP contribution in [0.3, 0.4) is 0 Å². The van der Waals surface area contributed by atoms with Crippen LogP contribution in [0.25, 0.3) is 0 Å². The number of amides is 3. The lowest BCUT2D eigenvalue weighted by molar-refractivity contribution is -0.123. The molecule has 21 heavy (non-hydrogen) atoms. The fourth-order valence-electron chi connectivity index (χ4n) is 2.68. The van der Waals surface area contributed by atoms with Gasteiger partial charge >= 0.3 is 6.03 Å². The van der Waals surface area contributed by atoms with Crippen LogP contribution in [-0.2, 0) is 4.79 Å². The van der Waals surface area contributed by atoms with Gasteiger partial charge in [0.05, 0.1) is 6.10 Å². The van der Waals surface area contributed by atoms with Crippen molar-refractivity contribution in [3.05, 3.63) is 35.9 Å². The summed E-state index contributed by atoms with van der Waals surface area (Å²) in [5, 5.41) is 15.0. The van der Waals surface area contributed by atoms with E-state index in [1.54, 1.807) is 24.3 Å². The van der Waals surface area contributed by atoms with Crippen molar-refractivity contribution in [2.45, 2.75) is 31.4 Å². The molecule has 1 aromatic rings. The summed E-state index contributed by atoms with van der Waals surface area (Å²) in [6, 6.07) is 7.35. The molecule has 1 aliphatic rings. The molecule has 1 fully saturated rings. The number of benzene rings is 1. The van der Waals surface area contributed by atoms with E-state index in [4.69, 9.17) is 5.73 Å². The Morgan fingerprint density at radius 3 is 2.57 bits per heavy atom. The zero-order valence-corrected chi connectivity index (χ0v) is 11.8. The van der Waals surface area contributed by atoms with E-state index in [1.165, 1.54) is 0 Å². The first-order valence-corrected chi connectivity index (χ1v) is 7.14. The van der Waals surface area contributed by atoms with Gasteiger partial charge in [0, 0.05) is 12.5 Å². The van der Waals surface area contributed by atoms with E-state index in [0.29, 0.717) is 12.1 Å². The molecule has 0 heterocycles. The molecule has 3 atom stereocenters. The van der Waals surface area contributed by atoms with Gasteiger partial charge in [-0.1, -0.05) is 36.8 Å². The summed E-state index contributed by atoms with van der Waals surface area (Å²) < 4.78 is 0. The zero-order chi connectivity index (χ0) is 15.2. The highest BCUT2D eigenvalue weighted by atomic mass is 16.3. The fourth-order valence-corrected chi connectivity index (χ4v) is 2.68. The van der Waals surface area contributed by atoms with Gasteiger partial charge in [-0.15, -0.1) is 0 Å². The minimum Gasteiger partial charge on any atom is -0.393 e. The molecule has 1 aliphatic carbocycles.